The Hall–Kier alpha value is 0.310. The van der Waals surface area contributed by atoms with Gasteiger partial charge in [-0.15, -0.1) is 0 Å². The van der Waals surface area contributed by atoms with Gasteiger partial charge in [0, 0.05) is 17.0 Å². The molecule has 90 valence electrons. The van der Waals surface area contributed by atoms with Crippen molar-refractivity contribution in [3.8, 4) is 0 Å². The highest BCUT2D eigenvalue weighted by molar-refractivity contribution is 8.00. The third-order valence-electron chi connectivity index (χ3n) is 3.06. The second-order valence-electron chi connectivity index (χ2n) is 5.24. The van der Waals surface area contributed by atoms with Crippen LogP contribution in [0.5, 0.6) is 0 Å². The van der Waals surface area contributed by atoms with Crippen molar-refractivity contribution in [2.75, 3.05) is 13.1 Å². The highest BCUT2D eigenvalue weighted by atomic mass is 32.2. The molecule has 0 aliphatic heterocycles. The van der Waals surface area contributed by atoms with Gasteiger partial charge in [0.15, 0.2) is 0 Å². The van der Waals surface area contributed by atoms with Crippen LogP contribution in [-0.4, -0.2) is 23.6 Å². The van der Waals surface area contributed by atoms with E-state index in [1.54, 1.807) is 0 Å². The molecule has 0 heterocycles. The van der Waals surface area contributed by atoms with Crippen molar-refractivity contribution in [1.82, 2.24) is 5.32 Å². The van der Waals surface area contributed by atoms with Crippen LogP contribution < -0.4 is 5.32 Å². The van der Waals surface area contributed by atoms with Gasteiger partial charge >= 0.3 is 0 Å². The minimum absolute atomic E-state index is 0.792. The molecule has 1 atom stereocenters. The molecule has 15 heavy (non-hydrogen) atoms. The van der Waals surface area contributed by atoms with Crippen molar-refractivity contribution in [3.63, 3.8) is 0 Å². The Balaban J connectivity index is 1.95. The van der Waals surface area contributed by atoms with Crippen molar-refractivity contribution >= 4 is 11.8 Å². The molecule has 1 aliphatic rings. The van der Waals surface area contributed by atoms with Gasteiger partial charge in [-0.2, -0.15) is 11.8 Å². The summed E-state index contributed by atoms with van der Waals surface area (Å²) in [6.45, 7) is 9.32. The summed E-state index contributed by atoms with van der Waals surface area (Å²) >= 11 is 2.20. The van der Waals surface area contributed by atoms with Crippen LogP contribution in [0, 0.1) is 5.92 Å². The highest BCUT2D eigenvalue weighted by Crippen LogP contribution is 2.31. The Morgan fingerprint density at radius 1 is 1.20 bits per heavy atom. The monoisotopic (exact) mass is 229 g/mol. The Bertz CT molecular complexity index is 153. The first kappa shape index (κ1) is 13.4. The predicted molar refractivity (Wildman–Crippen MR) is 71.6 cm³/mol. The van der Waals surface area contributed by atoms with E-state index < -0.39 is 0 Å². The summed E-state index contributed by atoms with van der Waals surface area (Å²) in [5.74, 6) is 0.829. The predicted octanol–water partition coefficient (Wildman–Crippen LogP) is 3.69. The third kappa shape index (κ3) is 6.47. The molecule has 0 radical (unpaired) electrons. The molecule has 0 aromatic heterocycles. The molecular weight excluding hydrogens is 202 g/mol. The van der Waals surface area contributed by atoms with Crippen molar-refractivity contribution in [3.05, 3.63) is 0 Å². The molecule has 1 aliphatic carbocycles. The summed E-state index contributed by atoms with van der Waals surface area (Å²) in [5.41, 5.74) is 0. The lowest BCUT2D eigenvalue weighted by Crippen LogP contribution is -2.25. The zero-order valence-corrected chi connectivity index (χ0v) is 11.4. The first-order valence-electron chi connectivity index (χ1n) is 6.54. The maximum Gasteiger partial charge on any atom is 0.0146 e. The second kappa shape index (κ2) is 7.56. The molecule has 1 nitrogen and oxygen atoms in total. The van der Waals surface area contributed by atoms with E-state index in [0.29, 0.717) is 0 Å². The first-order valence-corrected chi connectivity index (χ1v) is 7.49. The topological polar surface area (TPSA) is 12.0 Å². The van der Waals surface area contributed by atoms with Gasteiger partial charge < -0.3 is 5.32 Å². The van der Waals surface area contributed by atoms with Gasteiger partial charge in [0.1, 0.15) is 0 Å². The average molecular weight is 229 g/mol. The van der Waals surface area contributed by atoms with E-state index in [1.807, 2.05) is 0 Å². The standard InChI is InChI=1S/C13H27NS/c1-11(2)8-9-14-10-12(3)15-13-6-4-5-7-13/h11-14H,4-10H2,1-3H3. The van der Waals surface area contributed by atoms with Crippen LogP contribution in [0.3, 0.4) is 0 Å². The maximum atomic E-state index is 3.57. The van der Waals surface area contributed by atoms with Crippen LogP contribution in [0.2, 0.25) is 0 Å². The van der Waals surface area contributed by atoms with E-state index in [4.69, 9.17) is 0 Å². The Kier molecular flexibility index (Phi) is 6.74. The molecule has 0 amide bonds. The largest absolute Gasteiger partial charge is 0.316 e. The van der Waals surface area contributed by atoms with Crippen LogP contribution in [-0.2, 0) is 0 Å². The van der Waals surface area contributed by atoms with E-state index in [-0.39, 0.29) is 0 Å². The number of thioether (sulfide) groups is 1. The fourth-order valence-corrected chi connectivity index (χ4v) is 3.57. The molecule has 0 aromatic carbocycles. The van der Waals surface area contributed by atoms with Crippen molar-refractivity contribution in [1.29, 1.82) is 0 Å². The fourth-order valence-electron chi connectivity index (χ4n) is 2.10. The molecule has 1 N–H and O–H groups in total. The maximum absolute atomic E-state index is 3.57. The van der Waals surface area contributed by atoms with Gasteiger partial charge in [0.25, 0.3) is 0 Å². The average Bonchev–Trinajstić information content (AvgIpc) is 2.64. The number of hydrogen-bond donors (Lipinski definition) is 1. The molecule has 1 rings (SSSR count). The minimum atomic E-state index is 0.792. The Morgan fingerprint density at radius 2 is 1.87 bits per heavy atom. The summed E-state index contributed by atoms with van der Waals surface area (Å²) in [6, 6.07) is 0. The lowest BCUT2D eigenvalue weighted by molar-refractivity contribution is 0.538. The minimum Gasteiger partial charge on any atom is -0.316 e. The normalized spacial score (nSPS) is 20.0. The lowest BCUT2D eigenvalue weighted by atomic mass is 10.1. The Labute approximate surface area is 99.8 Å². The number of nitrogens with one attached hydrogen (secondary N) is 1. The molecule has 1 unspecified atom stereocenters. The van der Waals surface area contributed by atoms with Crippen LogP contribution in [0.4, 0.5) is 0 Å². The van der Waals surface area contributed by atoms with Gasteiger partial charge in [-0.3, -0.25) is 0 Å². The van der Waals surface area contributed by atoms with Crippen LogP contribution >= 0.6 is 11.8 Å². The van der Waals surface area contributed by atoms with Crippen molar-refractivity contribution in [2.45, 2.75) is 63.4 Å². The fraction of sp³-hybridized carbons (Fsp3) is 1.00. The SMILES string of the molecule is CC(C)CCNCC(C)SC1CCCC1. The highest BCUT2D eigenvalue weighted by Gasteiger charge is 2.17. The van der Waals surface area contributed by atoms with Gasteiger partial charge in [-0.1, -0.05) is 33.6 Å². The van der Waals surface area contributed by atoms with Gasteiger partial charge in [-0.05, 0) is 31.7 Å². The first-order chi connectivity index (χ1) is 7.18. The summed E-state index contributed by atoms with van der Waals surface area (Å²) in [6.07, 6.45) is 7.15. The Morgan fingerprint density at radius 3 is 2.47 bits per heavy atom. The van der Waals surface area contributed by atoms with E-state index in [2.05, 4.69) is 37.8 Å². The van der Waals surface area contributed by atoms with Crippen LogP contribution in [0.15, 0.2) is 0 Å². The zero-order chi connectivity index (χ0) is 11.1. The number of rotatable bonds is 7. The molecule has 2 heteroatoms. The van der Waals surface area contributed by atoms with Crippen LogP contribution in [0.25, 0.3) is 0 Å². The zero-order valence-electron chi connectivity index (χ0n) is 10.6. The lowest BCUT2D eigenvalue weighted by Gasteiger charge is -2.17. The summed E-state index contributed by atoms with van der Waals surface area (Å²) in [4.78, 5) is 0. The van der Waals surface area contributed by atoms with E-state index >= 15 is 0 Å². The molecule has 0 saturated heterocycles. The third-order valence-corrected chi connectivity index (χ3v) is 4.54. The molecule has 0 aromatic rings. The van der Waals surface area contributed by atoms with Crippen LogP contribution in [0.1, 0.15) is 52.9 Å². The molecular formula is C13H27NS. The summed E-state index contributed by atoms with van der Waals surface area (Å²) in [7, 11) is 0. The molecule has 1 saturated carbocycles. The van der Waals surface area contributed by atoms with E-state index in [1.165, 1.54) is 45.2 Å². The summed E-state index contributed by atoms with van der Waals surface area (Å²) in [5, 5.41) is 5.33. The molecule has 0 bridgehead atoms. The van der Waals surface area contributed by atoms with Crippen molar-refractivity contribution in [2.24, 2.45) is 5.92 Å². The number of hydrogen-bond acceptors (Lipinski definition) is 2. The smallest absolute Gasteiger partial charge is 0.0146 e. The molecule has 0 spiro atoms. The van der Waals surface area contributed by atoms with E-state index in [0.717, 1.165) is 16.4 Å². The second-order valence-corrected chi connectivity index (χ2v) is 6.98. The molecule has 1 fully saturated rings. The van der Waals surface area contributed by atoms with Gasteiger partial charge in [-0.25, -0.2) is 0 Å². The van der Waals surface area contributed by atoms with E-state index in [9.17, 15) is 0 Å². The van der Waals surface area contributed by atoms with Gasteiger partial charge in [0.05, 0.1) is 0 Å². The van der Waals surface area contributed by atoms with Crippen molar-refractivity contribution < 1.29 is 0 Å². The van der Waals surface area contributed by atoms with Gasteiger partial charge in [0.2, 0.25) is 0 Å². The summed E-state index contributed by atoms with van der Waals surface area (Å²) < 4.78 is 0. The quantitative estimate of drug-likeness (QED) is 0.668.